The van der Waals surface area contributed by atoms with Crippen molar-refractivity contribution in [2.75, 3.05) is 32.7 Å². The molecule has 28 heavy (non-hydrogen) atoms. The summed E-state index contributed by atoms with van der Waals surface area (Å²) in [4.78, 5) is 12.0. The number of allylic oxidation sites excluding steroid dienone is 1. The van der Waals surface area contributed by atoms with Gasteiger partial charge in [-0.1, -0.05) is 36.1 Å². The zero-order chi connectivity index (χ0) is 20.2. The van der Waals surface area contributed by atoms with E-state index in [4.69, 9.17) is 14.2 Å². The molecule has 0 unspecified atom stereocenters. The highest BCUT2D eigenvalue weighted by atomic mass is 16.5. The van der Waals surface area contributed by atoms with Crippen LogP contribution in [0.4, 0.5) is 10.5 Å². The number of benzene rings is 2. The Labute approximate surface area is 165 Å². The van der Waals surface area contributed by atoms with E-state index >= 15 is 0 Å². The standard InChI is InChI=1S/C22H24N2O4/c1-4-9-17-10-5-6-11-20(17)28-15-8-7-14-23-22(25)24-19-13-12-18(26-2)16-21(19)27-3/h4-6,10-13,16H,1,9,14-15H2,2-3H3,(H2,23,24,25). The van der Waals surface area contributed by atoms with Crippen molar-refractivity contribution in [3.05, 3.63) is 60.7 Å². The Morgan fingerprint density at radius 2 is 1.93 bits per heavy atom. The van der Waals surface area contributed by atoms with E-state index in [1.807, 2.05) is 30.3 Å². The van der Waals surface area contributed by atoms with Gasteiger partial charge in [0.25, 0.3) is 0 Å². The van der Waals surface area contributed by atoms with Crippen LogP contribution in [-0.4, -0.2) is 33.4 Å². The first-order valence-corrected chi connectivity index (χ1v) is 8.72. The molecule has 2 N–H and O–H groups in total. The van der Waals surface area contributed by atoms with E-state index in [0.717, 1.165) is 17.7 Å². The smallest absolute Gasteiger partial charge is 0.320 e. The molecule has 2 rings (SSSR count). The predicted octanol–water partition coefficient (Wildman–Crippen LogP) is 3.64. The van der Waals surface area contributed by atoms with Gasteiger partial charge in [-0.25, -0.2) is 4.79 Å². The van der Waals surface area contributed by atoms with Gasteiger partial charge in [0.1, 0.15) is 23.9 Å². The Bertz CT molecular complexity index is 868. The fourth-order valence-electron chi connectivity index (χ4n) is 2.39. The lowest BCUT2D eigenvalue weighted by atomic mass is 10.1. The average Bonchev–Trinajstić information content (AvgIpc) is 2.72. The molecule has 0 bridgehead atoms. The quantitative estimate of drug-likeness (QED) is 0.542. The van der Waals surface area contributed by atoms with Crippen molar-refractivity contribution in [3.63, 3.8) is 0 Å². The maximum absolute atomic E-state index is 12.0. The Morgan fingerprint density at radius 3 is 2.68 bits per heavy atom. The van der Waals surface area contributed by atoms with Crippen LogP contribution in [0.1, 0.15) is 5.56 Å². The van der Waals surface area contributed by atoms with Crippen LogP contribution in [0.5, 0.6) is 17.2 Å². The largest absolute Gasteiger partial charge is 0.497 e. The molecule has 0 spiro atoms. The van der Waals surface area contributed by atoms with Gasteiger partial charge in [-0.2, -0.15) is 0 Å². The summed E-state index contributed by atoms with van der Waals surface area (Å²) < 4.78 is 16.0. The van der Waals surface area contributed by atoms with Crippen molar-refractivity contribution in [2.24, 2.45) is 0 Å². The number of carbonyl (C=O) groups is 1. The molecular formula is C22H24N2O4. The Morgan fingerprint density at radius 1 is 1.11 bits per heavy atom. The van der Waals surface area contributed by atoms with E-state index < -0.39 is 0 Å². The van der Waals surface area contributed by atoms with Crippen LogP contribution < -0.4 is 24.8 Å². The number of methoxy groups -OCH3 is 2. The maximum Gasteiger partial charge on any atom is 0.320 e. The monoisotopic (exact) mass is 380 g/mol. The fourth-order valence-corrected chi connectivity index (χ4v) is 2.39. The van der Waals surface area contributed by atoms with E-state index in [1.54, 1.807) is 25.3 Å². The van der Waals surface area contributed by atoms with E-state index in [9.17, 15) is 4.79 Å². The molecule has 0 saturated carbocycles. The Kier molecular flexibility index (Phi) is 8.28. The second-order valence-corrected chi connectivity index (χ2v) is 5.62. The lowest BCUT2D eigenvalue weighted by molar-refractivity contribution is 0.253. The SMILES string of the molecule is C=CCc1ccccc1OCC#CCNC(=O)Nc1ccc(OC)cc1OC. The molecule has 146 valence electrons. The third-order valence-corrected chi connectivity index (χ3v) is 3.76. The lowest BCUT2D eigenvalue weighted by Gasteiger charge is -2.11. The van der Waals surface area contributed by atoms with Gasteiger partial charge in [-0.05, 0) is 30.2 Å². The summed E-state index contributed by atoms with van der Waals surface area (Å²) in [6.45, 7) is 4.18. The summed E-state index contributed by atoms with van der Waals surface area (Å²) in [7, 11) is 3.09. The van der Waals surface area contributed by atoms with Gasteiger partial charge in [-0.15, -0.1) is 6.58 Å². The van der Waals surface area contributed by atoms with Crippen LogP contribution in [0.3, 0.4) is 0 Å². The number of ether oxygens (including phenoxy) is 3. The molecule has 0 saturated heterocycles. The topological polar surface area (TPSA) is 68.8 Å². The maximum atomic E-state index is 12.0. The molecule has 0 heterocycles. The molecule has 0 atom stereocenters. The number of para-hydroxylation sites is 1. The normalized spacial score (nSPS) is 9.50. The number of amides is 2. The molecule has 0 aliphatic rings. The number of anilines is 1. The molecule has 6 heteroatoms. The summed E-state index contributed by atoms with van der Waals surface area (Å²) >= 11 is 0. The van der Waals surface area contributed by atoms with Crippen LogP contribution in [-0.2, 0) is 6.42 Å². The Balaban J connectivity index is 1.78. The van der Waals surface area contributed by atoms with E-state index in [-0.39, 0.29) is 19.2 Å². The minimum Gasteiger partial charge on any atom is -0.497 e. The number of urea groups is 1. The molecule has 2 aromatic carbocycles. The molecule has 0 aliphatic heterocycles. The second-order valence-electron chi connectivity index (χ2n) is 5.62. The van der Waals surface area contributed by atoms with Gasteiger partial charge in [0.2, 0.25) is 0 Å². The van der Waals surface area contributed by atoms with Crippen molar-refractivity contribution in [1.82, 2.24) is 5.32 Å². The predicted molar refractivity (Wildman–Crippen MR) is 110 cm³/mol. The number of rotatable bonds is 8. The van der Waals surface area contributed by atoms with Gasteiger partial charge in [0.15, 0.2) is 0 Å². The third-order valence-electron chi connectivity index (χ3n) is 3.76. The zero-order valence-electron chi connectivity index (χ0n) is 16.1. The molecule has 0 aromatic heterocycles. The number of hydrogen-bond acceptors (Lipinski definition) is 4. The van der Waals surface area contributed by atoms with Crippen LogP contribution in [0.15, 0.2) is 55.1 Å². The van der Waals surface area contributed by atoms with Crippen LogP contribution in [0, 0.1) is 11.8 Å². The second kappa shape index (κ2) is 11.2. The third kappa shape index (κ3) is 6.29. The summed E-state index contributed by atoms with van der Waals surface area (Å²) in [5, 5.41) is 5.37. The lowest BCUT2D eigenvalue weighted by Crippen LogP contribution is -2.29. The van der Waals surface area contributed by atoms with E-state index in [1.165, 1.54) is 7.11 Å². The van der Waals surface area contributed by atoms with Crippen LogP contribution in [0.25, 0.3) is 0 Å². The van der Waals surface area contributed by atoms with Gasteiger partial charge in [0.05, 0.1) is 26.5 Å². The molecule has 0 aliphatic carbocycles. The molecular weight excluding hydrogens is 356 g/mol. The van der Waals surface area contributed by atoms with Crippen molar-refractivity contribution in [3.8, 4) is 29.1 Å². The molecule has 0 radical (unpaired) electrons. The van der Waals surface area contributed by atoms with Gasteiger partial charge in [0, 0.05) is 6.07 Å². The number of nitrogens with one attached hydrogen (secondary N) is 2. The molecule has 6 nitrogen and oxygen atoms in total. The number of carbonyl (C=O) groups excluding carboxylic acids is 1. The van der Waals surface area contributed by atoms with Crippen molar-refractivity contribution in [2.45, 2.75) is 6.42 Å². The molecule has 2 amide bonds. The zero-order valence-corrected chi connectivity index (χ0v) is 16.1. The fraction of sp³-hybridized carbons (Fsp3) is 0.227. The Hall–Kier alpha value is -3.59. The minimum atomic E-state index is -0.380. The number of hydrogen-bond donors (Lipinski definition) is 2. The van der Waals surface area contributed by atoms with Crippen molar-refractivity contribution < 1.29 is 19.0 Å². The van der Waals surface area contributed by atoms with Crippen molar-refractivity contribution >= 4 is 11.7 Å². The van der Waals surface area contributed by atoms with Crippen LogP contribution in [0.2, 0.25) is 0 Å². The van der Waals surface area contributed by atoms with E-state index in [2.05, 4.69) is 29.1 Å². The highest BCUT2D eigenvalue weighted by Gasteiger charge is 2.08. The van der Waals surface area contributed by atoms with Crippen LogP contribution >= 0.6 is 0 Å². The highest BCUT2D eigenvalue weighted by Crippen LogP contribution is 2.28. The van der Waals surface area contributed by atoms with Gasteiger partial charge < -0.3 is 24.8 Å². The molecule has 2 aromatic rings. The summed E-state index contributed by atoms with van der Waals surface area (Å²) in [6.07, 6.45) is 2.56. The average molecular weight is 380 g/mol. The summed E-state index contributed by atoms with van der Waals surface area (Å²) in [5.41, 5.74) is 1.60. The first-order valence-electron chi connectivity index (χ1n) is 8.72. The minimum absolute atomic E-state index is 0.196. The van der Waals surface area contributed by atoms with Gasteiger partial charge in [-0.3, -0.25) is 0 Å². The first kappa shape index (κ1) is 20.7. The van der Waals surface area contributed by atoms with Gasteiger partial charge >= 0.3 is 6.03 Å². The summed E-state index contributed by atoms with van der Waals surface area (Å²) in [5.74, 6) is 7.67. The van der Waals surface area contributed by atoms with E-state index in [0.29, 0.717) is 17.2 Å². The highest BCUT2D eigenvalue weighted by molar-refractivity contribution is 5.91. The van der Waals surface area contributed by atoms with Crippen molar-refractivity contribution in [1.29, 1.82) is 0 Å². The summed E-state index contributed by atoms with van der Waals surface area (Å²) in [6, 6.07) is 12.5. The molecule has 0 fully saturated rings. The first-order chi connectivity index (χ1) is 13.7.